The Hall–Kier alpha value is -3.00. The van der Waals surface area contributed by atoms with Crippen molar-refractivity contribution in [2.24, 2.45) is 0 Å². The number of carbonyl (C=O) groups excluding carboxylic acids is 2. The zero-order valence-corrected chi connectivity index (χ0v) is 16.0. The van der Waals surface area contributed by atoms with Gasteiger partial charge in [0, 0.05) is 29.6 Å². The van der Waals surface area contributed by atoms with Crippen LogP contribution in [0.15, 0.2) is 41.8 Å². The van der Waals surface area contributed by atoms with Crippen LogP contribution in [0.5, 0.6) is 0 Å². The Balaban J connectivity index is 1.43. The van der Waals surface area contributed by atoms with Crippen molar-refractivity contribution in [1.82, 2.24) is 25.4 Å². The topological polar surface area (TPSA) is 88.9 Å². The normalized spacial score (nSPS) is 10.6. The summed E-state index contributed by atoms with van der Waals surface area (Å²) in [6.07, 6.45) is 0.619. The lowest BCUT2D eigenvalue weighted by molar-refractivity contribution is -0.120. The van der Waals surface area contributed by atoms with Crippen LogP contribution >= 0.6 is 11.3 Å². The second kappa shape index (κ2) is 8.59. The molecule has 0 aliphatic heterocycles. The van der Waals surface area contributed by atoms with Gasteiger partial charge in [0.2, 0.25) is 11.0 Å². The molecule has 1 aromatic carbocycles. The van der Waals surface area contributed by atoms with Crippen LogP contribution < -0.4 is 10.6 Å². The summed E-state index contributed by atoms with van der Waals surface area (Å²) in [6, 6.07) is 10.8. The quantitative estimate of drug-likeness (QED) is 0.653. The molecule has 0 spiro atoms. The molecule has 0 fully saturated rings. The van der Waals surface area contributed by atoms with Gasteiger partial charge in [-0.25, -0.2) is 9.67 Å². The van der Waals surface area contributed by atoms with Crippen molar-refractivity contribution in [2.45, 2.75) is 20.3 Å². The number of aromatic nitrogens is 3. The highest BCUT2D eigenvalue weighted by Crippen LogP contribution is 2.17. The highest BCUT2D eigenvalue weighted by atomic mass is 32.1. The minimum Gasteiger partial charge on any atom is -0.354 e. The molecule has 7 nitrogen and oxygen atoms in total. The molecule has 2 amide bonds. The number of carbonyl (C=O) groups is 2. The molecule has 0 radical (unpaired) electrons. The number of rotatable bonds is 7. The van der Waals surface area contributed by atoms with Crippen LogP contribution in [-0.4, -0.2) is 39.7 Å². The number of aryl methyl sites for hydroxylation is 2. The monoisotopic (exact) mass is 383 g/mol. The van der Waals surface area contributed by atoms with Crippen molar-refractivity contribution in [1.29, 1.82) is 0 Å². The first-order valence-electron chi connectivity index (χ1n) is 8.61. The molecule has 0 atom stereocenters. The van der Waals surface area contributed by atoms with Crippen LogP contribution in [0, 0.1) is 13.8 Å². The van der Waals surface area contributed by atoms with Gasteiger partial charge in [-0.3, -0.25) is 9.59 Å². The summed E-state index contributed by atoms with van der Waals surface area (Å²) in [5.74, 6) is -0.493. The molecule has 3 aromatic rings. The SMILES string of the molecule is Cc1cc(C)n(-c2nc(CCNC(=O)CNC(=O)c3ccccc3)cs2)n1. The van der Waals surface area contributed by atoms with Gasteiger partial charge in [-0.15, -0.1) is 11.3 Å². The average molecular weight is 383 g/mol. The van der Waals surface area contributed by atoms with E-state index in [0.29, 0.717) is 18.5 Å². The Morgan fingerprint density at radius 2 is 1.93 bits per heavy atom. The minimum absolute atomic E-state index is 0.0538. The Bertz CT molecular complexity index is 933. The summed E-state index contributed by atoms with van der Waals surface area (Å²) in [7, 11) is 0. The second-order valence-corrected chi connectivity index (χ2v) is 6.95. The molecule has 2 aromatic heterocycles. The fourth-order valence-corrected chi connectivity index (χ4v) is 3.44. The number of nitrogens with zero attached hydrogens (tertiary/aromatic N) is 3. The van der Waals surface area contributed by atoms with Crippen LogP contribution in [-0.2, 0) is 11.2 Å². The third-order valence-corrected chi connectivity index (χ3v) is 4.74. The predicted molar refractivity (Wildman–Crippen MR) is 104 cm³/mol. The molecule has 0 aliphatic carbocycles. The van der Waals surface area contributed by atoms with Crippen molar-refractivity contribution < 1.29 is 9.59 Å². The Morgan fingerprint density at radius 1 is 1.15 bits per heavy atom. The molecule has 3 rings (SSSR count). The molecule has 0 aliphatic rings. The Labute approximate surface area is 161 Å². The van der Waals surface area contributed by atoms with E-state index in [-0.39, 0.29) is 18.4 Å². The van der Waals surface area contributed by atoms with E-state index >= 15 is 0 Å². The van der Waals surface area contributed by atoms with Crippen LogP contribution in [0.25, 0.3) is 5.13 Å². The Morgan fingerprint density at radius 3 is 2.63 bits per heavy atom. The van der Waals surface area contributed by atoms with Crippen molar-refractivity contribution in [3.8, 4) is 5.13 Å². The number of amides is 2. The molecule has 2 N–H and O–H groups in total. The number of hydrogen-bond acceptors (Lipinski definition) is 5. The first kappa shape index (κ1) is 18.8. The van der Waals surface area contributed by atoms with Gasteiger partial charge < -0.3 is 10.6 Å². The average Bonchev–Trinajstić information content (AvgIpc) is 3.26. The van der Waals surface area contributed by atoms with E-state index in [9.17, 15) is 9.59 Å². The largest absolute Gasteiger partial charge is 0.354 e. The van der Waals surface area contributed by atoms with Gasteiger partial charge in [-0.05, 0) is 32.0 Å². The first-order chi connectivity index (χ1) is 13.0. The smallest absolute Gasteiger partial charge is 0.251 e. The molecule has 27 heavy (non-hydrogen) atoms. The molecular weight excluding hydrogens is 362 g/mol. The van der Waals surface area contributed by atoms with E-state index in [1.807, 2.05) is 36.0 Å². The van der Waals surface area contributed by atoms with Crippen LogP contribution in [0.4, 0.5) is 0 Å². The third kappa shape index (κ3) is 5.01. The number of hydrogen-bond donors (Lipinski definition) is 2. The van der Waals surface area contributed by atoms with Crippen LogP contribution in [0.1, 0.15) is 27.4 Å². The van der Waals surface area contributed by atoms with E-state index in [0.717, 1.165) is 22.2 Å². The first-order valence-corrected chi connectivity index (χ1v) is 9.49. The molecule has 0 saturated carbocycles. The van der Waals surface area contributed by atoms with Crippen LogP contribution in [0.2, 0.25) is 0 Å². The molecule has 140 valence electrons. The van der Waals surface area contributed by atoms with Gasteiger partial charge in [-0.2, -0.15) is 5.10 Å². The zero-order chi connectivity index (χ0) is 19.2. The summed E-state index contributed by atoms with van der Waals surface area (Å²) < 4.78 is 1.82. The maximum atomic E-state index is 11.9. The van der Waals surface area contributed by atoms with E-state index in [4.69, 9.17) is 0 Å². The molecule has 2 heterocycles. The highest BCUT2D eigenvalue weighted by Gasteiger charge is 2.10. The van der Waals surface area contributed by atoms with Gasteiger partial charge in [0.05, 0.1) is 17.9 Å². The molecule has 0 bridgehead atoms. The highest BCUT2D eigenvalue weighted by molar-refractivity contribution is 7.12. The summed E-state index contributed by atoms with van der Waals surface area (Å²) in [4.78, 5) is 28.4. The lowest BCUT2D eigenvalue weighted by atomic mass is 10.2. The predicted octanol–water partition coefficient (Wildman–Crippen LogP) is 2.03. The van der Waals surface area contributed by atoms with E-state index in [1.54, 1.807) is 24.3 Å². The fraction of sp³-hybridized carbons (Fsp3) is 0.263. The molecular formula is C19H21N5O2S. The van der Waals surface area contributed by atoms with Crippen LogP contribution in [0.3, 0.4) is 0 Å². The maximum absolute atomic E-state index is 11.9. The molecule has 0 unspecified atom stereocenters. The number of nitrogens with one attached hydrogen (secondary N) is 2. The van der Waals surface area contributed by atoms with Crippen molar-refractivity contribution in [3.63, 3.8) is 0 Å². The Kier molecular flexibility index (Phi) is 5.97. The van der Waals surface area contributed by atoms with Crippen molar-refractivity contribution in [2.75, 3.05) is 13.1 Å². The molecule has 0 saturated heterocycles. The summed E-state index contributed by atoms with van der Waals surface area (Å²) in [6.45, 7) is 4.34. The van der Waals surface area contributed by atoms with Crippen molar-refractivity contribution in [3.05, 3.63) is 64.4 Å². The van der Waals surface area contributed by atoms with Gasteiger partial charge in [0.25, 0.3) is 5.91 Å². The molecule has 8 heteroatoms. The van der Waals surface area contributed by atoms with E-state index < -0.39 is 0 Å². The van der Waals surface area contributed by atoms with Crippen molar-refractivity contribution >= 4 is 23.2 Å². The van der Waals surface area contributed by atoms with Gasteiger partial charge in [0.15, 0.2) is 0 Å². The number of thiazole rings is 1. The summed E-state index contributed by atoms with van der Waals surface area (Å²) in [5, 5.41) is 12.6. The standard InChI is InChI=1S/C19H21N5O2S/c1-13-10-14(2)24(23-13)19-22-16(12-27-19)8-9-20-17(25)11-21-18(26)15-6-4-3-5-7-15/h3-7,10,12H,8-9,11H2,1-2H3,(H,20,25)(H,21,26). The minimum atomic E-state index is -0.264. The summed E-state index contributed by atoms with van der Waals surface area (Å²) in [5.41, 5.74) is 3.42. The zero-order valence-electron chi connectivity index (χ0n) is 15.2. The van der Waals surface area contributed by atoms with Gasteiger partial charge in [0.1, 0.15) is 0 Å². The third-order valence-electron chi connectivity index (χ3n) is 3.88. The lowest BCUT2D eigenvalue weighted by Gasteiger charge is -2.06. The van der Waals surface area contributed by atoms with E-state index in [1.165, 1.54) is 11.3 Å². The lowest BCUT2D eigenvalue weighted by Crippen LogP contribution is -2.37. The number of benzene rings is 1. The van der Waals surface area contributed by atoms with Gasteiger partial charge >= 0.3 is 0 Å². The van der Waals surface area contributed by atoms with Gasteiger partial charge in [-0.1, -0.05) is 18.2 Å². The maximum Gasteiger partial charge on any atom is 0.251 e. The summed E-state index contributed by atoms with van der Waals surface area (Å²) >= 11 is 1.52. The van der Waals surface area contributed by atoms with E-state index in [2.05, 4.69) is 20.7 Å². The fourth-order valence-electron chi connectivity index (χ4n) is 2.58. The second-order valence-electron chi connectivity index (χ2n) is 6.11.